The van der Waals surface area contributed by atoms with Gasteiger partial charge in [-0.2, -0.15) is 5.10 Å². The number of hydrogen-bond donors (Lipinski definition) is 3. The number of halogens is 1. The summed E-state index contributed by atoms with van der Waals surface area (Å²) in [7, 11) is 0. The number of nitrogens with one attached hydrogen (secondary N) is 1. The summed E-state index contributed by atoms with van der Waals surface area (Å²) in [6.45, 7) is 3.78. The first kappa shape index (κ1) is 17.8. The number of likely N-dealkylation sites (tertiary alicyclic amines) is 1. The molecule has 1 aliphatic rings. The van der Waals surface area contributed by atoms with Gasteiger partial charge in [0, 0.05) is 37.6 Å². The molecule has 1 fully saturated rings. The van der Waals surface area contributed by atoms with Crippen molar-refractivity contribution in [2.24, 2.45) is 5.73 Å². The van der Waals surface area contributed by atoms with Gasteiger partial charge in [0.1, 0.15) is 17.7 Å². The summed E-state index contributed by atoms with van der Waals surface area (Å²) in [6, 6.07) is 6.72. The number of rotatable bonds is 4. The summed E-state index contributed by atoms with van der Waals surface area (Å²) in [5.41, 5.74) is 9.15. The molecule has 0 radical (unpaired) electrons. The Balaban J connectivity index is 1.62. The Labute approximate surface area is 156 Å². The van der Waals surface area contributed by atoms with Crippen LogP contribution in [0.1, 0.15) is 17.5 Å². The normalized spacial score (nSPS) is 20.9. The second kappa shape index (κ2) is 7.22. The van der Waals surface area contributed by atoms with Gasteiger partial charge in [-0.3, -0.25) is 4.90 Å². The van der Waals surface area contributed by atoms with Crippen molar-refractivity contribution in [3.05, 3.63) is 53.7 Å². The molecule has 7 nitrogen and oxygen atoms in total. The minimum atomic E-state index is -0.510. The van der Waals surface area contributed by atoms with E-state index in [1.54, 1.807) is 23.6 Å². The Hall–Kier alpha value is -2.55. The molecule has 8 heteroatoms. The smallest absolute Gasteiger partial charge is 0.158 e. The first-order valence-electron chi connectivity index (χ1n) is 9.01. The number of β-amino-alcohol motifs (C(OH)–C–C–N with tert-alkyl or cyclic N) is 1. The highest BCUT2D eigenvalue weighted by atomic mass is 19.1. The summed E-state index contributed by atoms with van der Waals surface area (Å²) >= 11 is 0. The van der Waals surface area contributed by atoms with Gasteiger partial charge in [0.25, 0.3) is 0 Å². The topological polar surface area (TPSA) is 91.7 Å². The van der Waals surface area contributed by atoms with E-state index in [4.69, 9.17) is 5.73 Å². The standard InChI is InChI=1S/C19H23FN6O/c1-12-8-14(2-3-15(12)20)24-19-18-13(4-7-26(18)23-11-22-19)9-25-6-5-16(21)17(27)10-25/h2-4,7-8,11,16-17,27H,5-6,9-10,21H2,1H3,(H,22,23,24)/t16-,17+/m0/s1. The van der Waals surface area contributed by atoms with Crippen molar-refractivity contribution in [3.63, 3.8) is 0 Å². The van der Waals surface area contributed by atoms with Crippen LogP contribution in [0.2, 0.25) is 0 Å². The van der Waals surface area contributed by atoms with Crippen LogP contribution in [0, 0.1) is 12.7 Å². The maximum Gasteiger partial charge on any atom is 0.158 e. The van der Waals surface area contributed by atoms with Gasteiger partial charge in [-0.25, -0.2) is 13.9 Å². The molecule has 1 aromatic carbocycles. The van der Waals surface area contributed by atoms with Gasteiger partial charge in [0.05, 0.1) is 6.10 Å². The molecule has 0 amide bonds. The Morgan fingerprint density at radius 3 is 3.00 bits per heavy atom. The summed E-state index contributed by atoms with van der Waals surface area (Å²) in [5, 5.41) is 17.6. The first-order valence-corrected chi connectivity index (χ1v) is 9.01. The lowest BCUT2D eigenvalue weighted by molar-refractivity contribution is 0.0501. The fourth-order valence-corrected chi connectivity index (χ4v) is 3.50. The van der Waals surface area contributed by atoms with Crippen LogP contribution in [0.15, 0.2) is 36.8 Å². The van der Waals surface area contributed by atoms with E-state index < -0.39 is 6.10 Å². The number of anilines is 2. The number of aliphatic hydroxyl groups is 1. The highest BCUT2D eigenvalue weighted by Crippen LogP contribution is 2.25. The quantitative estimate of drug-likeness (QED) is 0.649. The molecule has 27 heavy (non-hydrogen) atoms. The molecular weight excluding hydrogens is 347 g/mol. The second-order valence-electron chi connectivity index (χ2n) is 7.09. The van der Waals surface area contributed by atoms with Crippen molar-refractivity contribution in [3.8, 4) is 0 Å². The van der Waals surface area contributed by atoms with Crippen LogP contribution in [-0.4, -0.2) is 49.8 Å². The maximum atomic E-state index is 13.5. The largest absolute Gasteiger partial charge is 0.390 e. The van der Waals surface area contributed by atoms with Crippen molar-refractivity contribution < 1.29 is 9.50 Å². The fraction of sp³-hybridized carbons (Fsp3) is 0.368. The summed E-state index contributed by atoms with van der Waals surface area (Å²) in [6.07, 6.45) is 3.63. The number of nitrogens with two attached hydrogens (primary N) is 1. The predicted molar refractivity (Wildman–Crippen MR) is 101 cm³/mol. The molecule has 0 aliphatic carbocycles. The molecule has 0 bridgehead atoms. The van der Waals surface area contributed by atoms with Crippen LogP contribution < -0.4 is 11.1 Å². The van der Waals surface area contributed by atoms with E-state index in [0.29, 0.717) is 24.5 Å². The third kappa shape index (κ3) is 3.64. The highest BCUT2D eigenvalue weighted by Gasteiger charge is 2.25. The molecule has 3 aromatic rings. The van der Waals surface area contributed by atoms with E-state index in [-0.39, 0.29) is 11.9 Å². The van der Waals surface area contributed by atoms with Crippen LogP contribution >= 0.6 is 0 Å². The Bertz CT molecular complexity index is 959. The zero-order chi connectivity index (χ0) is 19.0. The molecule has 0 saturated carbocycles. The Kier molecular flexibility index (Phi) is 4.77. The number of aryl methyl sites for hydroxylation is 1. The first-order chi connectivity index (χ1) is 13.0. The van der Waals surface area contributed by atoms with Crippen LogP contribution in [0.5, 0.6) is 0 Å². The van der Waals surface area contributed by atoms with Crippen molar-refractivity contribution in [1.29, 1.82) is 0 Å². The molecule has 4 rings (SSSR count). The molecule has 3 heterocycles. The van der Waals surface area contributed by atoms with Crippen molar-refractivity contribution in [1.82, 2.24) is 19.5 Å². The lowest BCUT2D eigenvalue weighted by Crippen LogP contribution is -2.50. The average molecular weight is 370 g/mol. The number of aromatic nitrogens is 3. The van der Waals surface area contributed by atoms with Gasteiger partial charge in [0.2, 0.25) is 0 Å². The van der Waals surface area contributed by atoms with Gasteiger partial charge >= 0.3 is 0 Å². The van der Waals surface area contributed by atoms with E-state index in [1.165, 1.54) is 12.4 Å². The highest BCUT2D eigenvalue weighted by molar-refractivity contribution is 5.76. The zero-order valence-electron chi connectivity index (χ0n) is 15.1. The fourth-order valence-electron chi connectivity index (χ4n) is 3.50. The number of piperidine rings is 1. The van der Waals surface area contributed by atoms with Gasteiger partial charge in [-0.1, -0.05) is 0 Å². The summed E-state index contributed by atoms with van der Waals surface area (Å²) in [5.74, 6) is 0.420. The van der Waals surface area contributed by atoms with E-state index in [9.17, 15) is 9.50 Å². The molecule has 0 spiro atoms. The van der Waals surface area contributed by atoms with Crippen LogP contribution in [-0.2, 0) is 6.54 Å². The number of fused-ring (bicyclic) bond motifs is 1. The van der Waals surface area contributed by atoms with Crippen LogP contribution in [0.25, 0.3) is 5.52 Å². The van der Waals surface area contributed by atoms with E-state index in [2.05, 4.69) is 20.3 Å². The Morgan fingerprint density at radius 1 is 1.37 bits per heavy atom. The third-order valence-electron chi connectivity index (χ3n) is 5.07. The van der Waals surface area contributed by atoms with Crippen LogP contribution in [0.4, 0.5) is 15.9 Å². The second-order valence-corrected chi connectivity index (χ2v) is 7.09. The molecule has 1 aliphatic heterocycles. The zero-order valence-corrected chi connectivity index (χ0v) is 15.1. The van der Waals surface area contributed by atoms with Crippen LogP contribution in [0.3, 0.4) is 0 Å². The lowest BCUT2D eigenvalue weighted by atomic mass is 10.0. The average Bonchev–Trinajstić information content (AvgIpc) is 3.05. The lowest BCUT2D eigenvalue weighted by Gasteiger charge is -2.33. The van der Waals surface area contributed by atoms with E-state index in [0.717, 1.165) is 29.7 Å². The summed E-state index contributed by atoms with van der Waals surface area (Å²) in [4.78, 5) is 6.57. The van der Waals surface area contributed by atoms with E-state index >= 15 is 0 Å². The number of aliphatic hydroxyl groups excluding tert-OH is 1. The van der Waals surface area contributed by atoms with Crippen molar-refractivity contribution in [2.45, 2.75) is 32.0 Å². The minimum absolute atomic E-state index is 0.158. The van der Waals surface area contributed by atoms with E-state index in [1.807, 2.05) is 12.3 Å². The van der Waals surface area contributed by atoms with Gasteiger partial charge in [-0.05, 0) is 48.7 Å². The predicted octanol–water partition coefficient (Wildman–Crippen LogP) is 1.81. The molecule has 142 valence electrons. The number of benzene rings is 1. The minimum Gasteiger partial charge on any atom is -0.390 e. The SMILES string of the molecule is Cc1cc(Nc2ncnn3ccc(CN4CC[C@H](N)[C@H](O)C4)c23)ccc1F. The van der Waals surface area contributed by atoms with Crippen molar-refractivity contribution >= 4 is 17.0 Å². The summed E-state index contributed by atoms with van der Waals surface area (Å²) < 4.78 is 15.3. The molecule has 2 aromatic heterocycles. The van der Waals surface area contributed by atoms with Gasteiger partial charge in [0.15, 0.2) is 5.82 Å². The monoisotopic (exact) mass is 370 g/mol. The molecule has 2 atom stereocenters. The van der Waals surface area contributed by atoms with Crippen molar-refractivity contribution in [2.75, 3.05) is 18.4 Å². The Morgan fingerprint density at radius 2 is 2.22 bits per heavy atom. The molecule has 4 N–H and O–H groups in total. The van der Waals surface area contributed by atoms with Gasteiger partial charge < -0.3 is 16.2 Å². The molecule has 1 saturated heterocycles. The molecule has 0 unspecified atom stereocenters. The number of hydrogen-bond acceptors (Lipinski definition) is 6. The molecular formula is C19H23FN6O. The number of nitrogens with zero attached hydrogens (tertiary/aromatic N) is 4. The third-order valence-corrected chi connectivity index (χ3v) is 5.07. The maximum absolute atomic E-state index is 13.5. The van der Waals surface area contributed by atoms with Gasteiger partial charge in [-0.15, -0.1) is 0 Å².